The SMILES string of the molecule is Cc1cccc(CNC(=O)c2cc(NCCc3ccccc3F)ccn2)c1. The van der Waals surface area contributed by atoms with Crippen LogP contribution in [0.2, 0.25) is 0 Å². The molecule has 0 saturated carbocycles. The zero-order valence-corrected chi connectivity index (χ0v) is 15.2. The van der Waals surface area contributed by atoms with E-state index in [4.69, 9.17) is 0 Å². The van der Waals surface area contributed by atoms with Gasteiger partial charge >= 0.3 is 0 Å². The molecular weight excluding hydrogens is 341 g/mol. The van der Waals surface area contributed by atoms with Crippen molar-refractivity contribution >= 4 is 11.6 Å². The second kappa shape index (κ2) is 8.94. The molecule has 1 heterocycles. The smallest absolute Gasteiger partial charge is 0.270 e. The lowest BCUT2D eigenvalue weighted by atomic mass is 10.1. The van der Waals surface area contributed by atoms with Gasteiger partial charge in [0.2, 0.25) is 0 Å². The number of aromatic nitrogens is 1. The third-order valence-electron chi connectivity index (χ3n) is 4.21. The number of nitrogens with one attached hydrogen (secondary N) is 2. The molecule has 138 valence electrons. The fourth-order valence-corrected chi connectivity index (χ4v) is 2.80. The molecule has 0 bridgehead atoms. The first kappa shape index (κ1) is 18.6. The fraction of sp³-hybridized carbons (Fsp3) is 0.182. The fourth-order valence-electron chi connectivity index (χ4n) is 2.80. The number of benzene rings is 2. The minimum Gasteiger partial charge on any atom is -0.385 e. The number of pyridine rings is 1. The van der Waals surface area contributed by atoms with Crippen molar-refractivity contribution in [2.24, 2.45) is 0 Å². The van der Waals surface area contributed by atoms with Crippen LogP contribution in [0.3, 0.4) is 0 Å². The van der Waals surface area contributed by atoms with Gasteiger partial charge in [-0.25, -0.2) is 4.39 Å². The molecule has 27 heavy (non-hydrogen) atoms. The molecule has 1 aromatic heterocycles. The average molecular weight is 363 g/mol. The number of halogens is 1. The molecule has 0 atom stereocenters. The molecule has 4 nitrogen and oxygen atoms in total. The molecule has 0 spiro atoms. The maximum absolute atomic E-state index is 13.6. The lowest BCUT2D eigenvalue weighted by molar-refractivity contribution is 0.0946. The second-order valence-corrected chi connectivity index (χ2v) is 6.37. The van der Waals surface area contributed by atoms with Crippen LogP contribution < -0.4 is 10.6 Å². The summed E-state index contributed by atoms with van der Waals surface area (Å²) < 4.78 is 13.6. The maximum atomic E-state index is 13.6. The lowest BCUT2D eigenvalue weighted by Gasteiger charge is -2.09. The summed E-state index contributed by atoms with van der Waals surface area (Å²) >= 11 is 0. The molecule has 3 rings (SSSR count). The van der Waals surface area contributed by atoms with E-state index >= 15 is 0 Å². The molecule has 3 aromatic rings. The Labute approximate surface area is 158 Å². The Hall–Kier alpha value is -3.21. The van der Waals surface area contributed by atoms with Crippen LogP contribution in [0, 0.1) is 12.7 Å². The normalized spacial score (nSPS) is 10.4. The summed E-state index contributed by atoms with van der Waals surface area (Å²) in [6.45, 7) is 3.03. The Morgan fingerprint density at radius 3 is 2.74 bits per heavy atom. The molecule has 0 fully saturated rings. The van der Waals surface area contributed by atoms with Crippen molar-refractivity contribution < 1.29 is 9.18 Å². The number of rotatable bonds is 7. The van der Waals surface area contributed by atoms with Crippen LogP contribution in [-0.2, 0) is 13.0 Å². The van der Waals surface area contributed by atoms with Crippen molar-refractivity contribution in [1.29, 1.82) is 0 Å². The third kappa shape index (κ3) is 5.38. The van der Waals surface area contributed by atoms with Gasteiger partial charge in [-0.15, -0.1) is 0 Å². The Morgan fingerprint density at radius 1 is 1.07 bits per heavy atom. The number of amides is 1. The monoisotopic (exact) mass is 363 g/mol. The molecule has 0 aliphatic carbocycles. The molecule has 0 saturated heterocycles. The zero-order valence-electron chi connectivity index (χ0n) is 15.2. The van der Waals surface area contributed by atoms with Crippen LogP contribution in [-0.4, -0.2) is 17.4 Å². The van der Waals surface area contributed by atoms with Gasteiger partial charge in [-0.2, -0.15) is 0 Å². The minimum absolute atomic E-state index is 0.203. The van der Waals surface area contributed by atoms with Gasteiger partial charge in [0.05, 0.1) is 0 Å². The highest BCUT2D eigenvalue weighted by Gasteiger charge is 2.08. The average Bonchev–Trinajstić information content (AvgIpc) is 2.68. The van der Waals surface area contributed by atoms with E-state index in [1.807, 2.05) is 37.3 Å². The molecule has 2 N–H and O–H groups in total. The molecule has 1 amide bonds. The Bertz CT molecular complexity index is 927. The van der Waals surface area contributed by atoms with Crippen LogP contribution in [0.5, 0.6) is 0 Å². The summed E-state index contributed by atoms with van der Waals surface area (Å²) in [5, 5.41) is 6.09. The predicted octanol–water partition coefficient (Wildman–Crippen LogP) is 4.11. The van der Waals surface area contributed by atoms with E-state index in [0.29, 0.717) is 30.8 Å². The van der Waals surface area contributed by atoms with E-state index < -0.39 is 0 Å². The molecule has 0 radical (unpaired) electrons. The zero-order chi connectivity index (χ0) is 19.1. The predicted molar refractivity (Wildman–Crippen MR) is 105 cm³/mol. The maximum Gasteiger partial charge on any atom is 0.270 e. The quantitative estimate of drug-likeness (QED) is 0.664. The van der Waals surface area contributed by atoms with Gasteiger partial charge in [0.25, 0.3) is 5.91 Å². The number of anilines is 1. The van der Waals surface area contributed by atoms with E-state index in [1.54, 1.807) is 30.5 Å². The van der Waals surface area contributed by atoms with Crippen LogP contribution in [0.4, 0.5) is 10.1 Å². The molecule has 5 heteroatoms. The first-order chi connectivity index (χ1) is 13.1. The minimum atomic E-state index is -0.228. The number of carbonyl (C=O) groups excluding carboxylic acids is 1. The molecule has 0 aliphatic heterocycles. The number of carbonyl (C=O) groups is 1. The number of aryl methyl sites for hydroxylation is 1. The highest BCUT2D eigenvalue weighted by atomic mass is 19.1. The summed E-state index contributed by atoms with van der Waals surface area (Å²) in [5.41, 5.74) is 3.99. The van der Waals surface area contributed by atoms with Gasteiger partial charge in [-0.3, -0.25) is 9.78 Å². The van der Waals surface area contributed by atoms with Crippen molar-refractivity contribution in [2.45, 2.75) is 19.9 Å². The molecule has 0 aliphatic rings. The molecule has 0 unspecified atom stereocenters. The summed E-state index contributed by atoms with van der Waals surface area (Å²) in [7, 11) is 0. The first-order valence-corrected chi connectivity index (χ1v) is 8.89. The lowest BCUT2D eigenvalue weighted by Crippen LogP contribution is -2.24. The van der Waals surface area contributed by atoms with Gasteiger partial charge < -0.3 is 10.6 Å². The first-order valence-electron chi connectivity index (χ1n) is 8.89. The number of hydrogen-bond donors (Lipinski definition) is 2. The standard InChI is InChI=1S/C22H22FN3O/c1-16-5-4-6-17(13-16)15-26-22(27)21-14-19(10-12-25-21)24-11-9-18-7-2-3-8-20(18)23/h2-8,10,12-14H,9,11,15H2,1H3,(H,24,25)(H,26,27). The van der Waals surface area contributed by atoms with E-state index in [0.717, 1.165) is 16.8 Å². The van der Waals surface area contributed by atoms with E-state index in [9.17, 15) is 9.18 Å². The Kier molecular flexibility index (Phi) is 6.15. The van der Waals surface area contributed by atoms with Crippen molar-refractivity contribution in [3.05, 3.63) is 95.1 Å². The van der Waals surface area contributed by atoms with Crippen LogP contribution in [0.1, 0.15) is 27.2 Å². The van der Waals surface area contributed by atoms with Crippen molar-refractivity contribution in [1.82, 2.24) is 10.3 Å². The summed E-state index contributed by atoms with van der Waals surface area (Å²) in [4.78, 5) is 16.5. The largest absolute Gasteiger partial charge is 0.385 e. The third-order valence-corrected chi connectivity index (χ3v) is 4.21. The van der Waals surface area contributed by atoms with Crippen LogP contribution in [0.25, 0.3) is 0 Å². The summed E-state index contributed by atoms with van der Waals surface area (Å²) in [5.74, 6) is -0.431. The van der Waals surface area contributed by atoms with Crippen molar-refractivity contribution in [2.75, 3.05) is 11.9 Å². The summed E-state index contributed by atoms with van der Waals surface area (Å²) in [6, 6.07) is 18.2. The molecule has 2 aromatic carbocycles. The van der Waals surface area contributed by atoms with Crippen molar-refractivity contribution in [3.63, 3.8) is 0 Å². The van der Waals surface area contributed by atoms with E-state index in [1.165, 1.54) is 6.07 Å². The van der Waals surface area contributed by atoms with Gasteiger partial charge in [0, 0.05) is 25.0 Å². The van der Waals surface area contributed by atoms with Crippen LogP contribution >= 0.6 is 0 Å². The highest BCUT2D eigenvalue weighted by molar-refractivity contribution is 5.93. The Morgan fingerprint density at radius 2 is 1.93 bits per heavy atom. The summed E-state index contributed by atoms with van der Waals surface area (Å²) in [6.07, 6.45) is 2.15. The highest BCUT2D eigenvalue weighted by Crippen LogP contribution is 2.11. The number of nitrogens with zero attached hydrogens (tertiary/aromatic N) is 1. The second-order valence-electron chi connectivity index (χ2n) is 6.37. The van der Waals surface area contributed by atoms with E-state index in [-0.39, 0.29) is 11.7 Å². The van der Waals surface area contributed by atoms with Gasteiger partial charge in [-0.05, 0) is 42.7 Å². The van der Waals surface area contributed by atoms with Crippen molar-refractivity contribution in [3.8, 4) is 0 Å². The van der Waals surface area contributed by atoms with Gasteiger partial charge in [0.1, 0.15) is 11.5 Å². The van der Waals surface area contributed by atoms with Gasteiger partial charge in [-0.1, -0.05) is 48.0 Å². The molecular formula is C22H22FN3O. The topological polar surface area (TPSA) is 54.0 Å². The number of hydrogen-bond acceptors (Lipinski definition) is 3. The Balaban J connectivity index is 1.54. The van der Waals surface area contributed by atoms with E-state index in [2.05, 4.69) is 15.6 Å². The van der Waals surface area contributed by atoms with Crippen LogP contribution in [0.15, 0.2) is 66.9 Å². The van der Waals surface area contributed by atoms with Gasteiger partial charge in [0.15, 0.2) is 0 Å².